The van der Waals surface area contributed by atoms with Crippen LogP contribution in [-0.4, -0.2) is 24.2 Å². The maximum atomic E-state index is 12.8. The summed E-state index contributed by atoms with van der Waals surface area (Å²) in [5.74, 6) is -0.707. The van der Waals surface area contributed by atoms with Gasteiger partial charge in [0.1, 0.15) is 0 Å². The van der Waals surface area contributed by atoms with Crippen LogP contribution in [0.2, 0.25) is 0 Å². The smallest absolute Gasteiger partial charge is 0.387 e. The third-order valence-electron chi connectivity index (χ3n) is 3.97. The zero-order valence-corrected chi connectivity index (χ0v) is 14.7. The predicted molar refractivity (Wildman–Crippen MR) is 93.3 cm³/mol. The first kappa shape index (κ1) is 20.9. The molecule has 0 aromatic heterocycles. The Morgan fingerprint density at radius 1 is 1.15 bits per heavy atom. The van der Waals surface area contributed by atoms with Crippen LogP contribution in [0.3, 0.4) is 0 Å². The van der Waals surface area contributed by atoms with E-state index >= 15 is 0 Å². The van der Waals surface area contributed by atoms with Crippen LogP contribution in [-0.2, 0) is 21.4 Å². The maximum Gasteiger partial charge on any atom is 0.416 e. The van der Waals surface area contributed by atoms with Crippen molar-refractivity contribution in [2.75, 3.05) is 13.2 Å². The lowest BCUT2D eigenvalue weighted by atomic mass is 10.0. The van der Waals surface area contributed by atoms with Crippen molar-refractivity contribution < 1.29 is 27.8 Å². The molecule has 2 rings (SSSR count). The summed E-state index contributed by atoms with van der Waals surface area (Å²) in [5.41, 5.74) is 3.91. The molecule has 0 aliphatic carbocycles. The van der Waals surface area contributed by atoms with Gasteiger partial charge in [-0.1, -0.05) is 42.5 Å². The van der Waals surface area contributed by atoms with Crippen LogP contribution in [0.15, 0.2) is 54.6 Å². The van der Waals surface area contributed by atoms with Gasteiger partial charge in [-0.3, -0.25) is 10.5 Å². The molecule has 0 aliphatic heterocycles. The van der Waals surface area contributed by atoms with E-state index in [0.29, 0.717) is 5.56 Å². The topological polar surface area (TPSA) is 84.6 Å². The normalized spacial score (nSPS) is 15.0. The second-order valence-electron chi connectivity index (χ2n) is 5.88. The molecule has 2 aromatic carbocycles. The number of hydrogen-bond acceptors (Lipinski definition) is 4. The number of aliphatic hydroxyl groups is 1. The van der Waals surface area contributed by atoms with Crippen LogP contribution in [0.1, 0.15) is 29.7 Å². The van der Waals surface area contributed by atoms with Crippen LogP contribution in [0.25, 0.3) is 0 Å². The van der Waals surface area contributed by atoms with E-state index in [0.717, 1.165) is 12.1 Å². The van der Waals surface area contributed by atoms with Crippen LogP contribution in [0, 0.1) is 0 Å². The molecule has 2 aromatic rings. The molecule has 0 saturated carbocycles. The molecule has 2 atom stereocenters. The lowest BCUT2D eigenvalue weighted by molar-refractivity contribution is -0.148. The minimum Gasteiger partial charge on any atom is -0.387 e. The lowest BCUT2D eigenvalue weighted by Gasteiger charge is -2.28. The Morgan fingerprint density at radius 3 is 2.37 bits per heavy atom. The summed E-state index contributed by atoms with van der Waals surface area (Å²) >= 11 is 0. The number of amides is 1. The fourth-order valence-electron chi connectivity index (χ4n) is 2.55. The van der Waals surface area contributed by atoms with E-state index in [2.05, 4.69) is 5.32 Å². The highest BCUT2D eigenvalue weighted by Gasteiger charge is 2.37. The molecule has 0 saturated heterocycles. The number of alkyl halides is 3. The Balaban J connectivity index is 2.11. The molecule has 1 amide bonds. The van der Waals surface area contributed by atoms with E-state index in [1.165, 1.54) is 12.1 Å². The van der Waals surface area contributed by atoms with Crippen molar-refractivity contribution in [3.05, 3.63) is 71.3 Å². The molecule has 8 heteroatoms. The number of carbonyl (C=O) groups excluding carboxylic acids is 1. The summed E-state index contributed by atoms with van der Waals surface area (Å²) in [5, 5.41) is 12.6. The maximum absolute atomic E-state index is 12.8. The molecule has 2 unspecified atom stereocenters. The zero-order valence-electron chi connectivity index (χ0n) is 14.7. The van der Waals surface area contributed by atoms with E-state index in [-0.39, 0.29) is 18.7 Å². The van der Waals surface area contributed by atoms with Crippen molar-refractivity contribution in [2.24, 2.45) is 5.73 Å². The Hall–Kier alpha value is -2.42. The number of halogens is 3. The molecule has 4 N–H and O–H groups in total. The summed E-state index contributed by atoms with van der Waals surface area (Å²) in [7, 11) is 0. The van der Waals surface area contributed by atoms with Gasteiger partial charge in [-0.15, -0.1) is 0 Å². The Morgan fingerprint density at radius 2 is 1.78 bits per heavy atom. The van der Waals surface area contributed by atoms with Gasteiger partial charge in [-0.25, -0.2) is 0 Å². The van der Waals surface area contributed by atoms with Gasteiger partial charge in [0, 0.05) is 18.7 Å². The third-order valence-corrected chi connectivity index (χ3v) is 3.97. The number of rotatable bonds is 7. The van der Waals surface area contributed by atoms with Crippen LogP contribution in [0.4, 0.5) is 13.2 Å². The fourth-order valence-corrected chi connectivity index (χ4v) is 2.55. The van der Waals surface area contributed by atoms with E-state index in [4.69, 9.17) is 10.5 Å². The van der Waals surface area contributed by atoms with Gasteiger partial charge in [0.2, 0.25) is 5.72 Å². The van der Waals surface area contributed by atoms with Gasteiger partial charge in [0.25, 0.3) is 5.91 Å². The van der Waals surface area contributed by atoms with Crippen molar-refractivity contribution >= 4 is 5.91 Å². The average molecular weight is 382 g/mol. The van der Waals surface area contributed by atoms with E-state index < -0.39 is 29.5 Å². The number of aliphatic hydroxyl groups excluding tert-OH is 1. The molecule has 5 nitrogen and oxygen atoms in total. The Kier molecular flexibility index (Phi) is 6.59. The number of nitrogens with two attached hydrogens (primary N) is 1. The van der Waals surface area contributed by atoms with Crippen molar-refractivity contribution in [3.8, 4) is 0 Å². The SMILES string of the molecule is CCOC(N)(C(=O)NCC(O)c1cccc(C(F)(F)F)c1)c1ccccc1. The molecule has 146 valence electrons. The molecular formula is C19H21F3N2O3. The lowest BCUT2D eigenvalue weighted by Crippen LogP contribution is -2.54. The largest absolute Gasteiger partial charge is 0.416 e. The number of benzene rings is 2. The quantitative estimate of drug-likeness (QED) is 0.643. The van der Waals surface area contributed by atoms with Gasteiger partial charge in [-0.2, -0.15) is 13.2 Å². The average Bonchev–Trinajstić information content (AvgIpc) is 2.66. The van der Waals surface area contributed by atoms with Gasteiger partial charge in [0.15, 0.2) is 0 Å². The van der Waals surface area contributed by atoms with Gasteiger partial charge in [0.05, 0.1) is 11.7 Å². The number of hydrogen-bond donors (Lipinski definition) is 3. The van der Waals surface area contributed by atoms with E-state index in [1.807, 2.05) is 0 Å². The van der Waals surface area contributed by atoms with Crippen molar-refractivity contribution in [2.45, 2.75) is 24.9 Å². The second kappa shape index (κ2) is 8.51. The summed E-state index contributed by atoms with van der Waals surface area (Å²) in [6.07, 6.45) is -5.86. The third kappa shape index (κ3) is 5.06. The standard InChI is InChI=1S/C19H21F3N2O3/c1-2-27-18(23,14-8-4-3-5-9-14)17(26)24-12-16(25)13-7-6-10-15(11-13)19(20,21)22/h3-11,16,25H,2,12,23H2,1H3,(H,24,26). The summed E-state index contributed by atoms with van der Waals surface area (Å²) in [4.78, 5) is 12.6. The monoisotopic (exact) mass is 382 g/mol. The molecular weight excluding hydrogens is 361 g/mol. The number of carbonyl (C=O) groups is 1. The Labute approximate surface area is 154 Å². The highest BCUT2D eigenvalue weighted by molar-refractivity contribution is 5.85. The molecule has 0 fully saturated rings. The van der Waals surface area contributed by atoms with E-state index in [1.54, 1.807) is 37.3 Å². The summed E-state index contributed by atoms with van der Waals surface area (Å²) in [6, 6.07) is 12.7. The molecule has 0 bridgehead atoms. The van der Waals surface area contributed by atoms with Gasteiger partial charge in [-0.05, 0) is 24.6 Å². The van der Waals surface area contributed by atoms with Crippen LogP contribution >= 0.6 is 0 Å². The Bertz CT molecular complexity index is 768. The van der Waals surface area contributed by atoms with Crippen LogP contribution < -0.4 is 11.1 Å². The van der Waals surface area contributed by atoms with E-state index in [9.17, 15) is 23.1 Å². The van der Waals surface area contributed by atoms with Gasteiger partial charge < -0.3 is 15.2 Å². The first-order valence-electron chi connectivity index (χ1n) is 8.30. The molecule has 0 radical (unpaired) electrons. The van der Waals surface area contributed by atoms with Crippen molar-refractivity contribution in [3.63, 3.8) is 0 Å². The minimum absolute atomic E-state index is 0.0314. The summed E-state index contributed by atoms with van der Waals surface area (Å²) < 4.78 is 43.8. The molecule has 27 heavy (non-hydrogen) atoms. The fraction of sp³-hybridized carbons (Fsp3) is 0.316. The minimum atomic E-state index is -4.52. The highest BCUT2D eigenvalue weighted by Crippen LogP contribution is 2.30. The summed E-state index contributed by atoms with van der Waals surface area (Å²) in [6.45, 7) is 1.52. The number of ether oxygens (including phenoxy) is 1. The highest BCUT2D eigenvalue weighted by atomic mass is 19.4. The molecule has 0 spiro atoms. The predicted octanol–water partition coefficient (Wildman–Crippen LogP) is 2.70. The first-order valence-corrected chi connectivity index (χ1v) is 8.30. The van der Waals surface area contributed by atoms with Gasteiger partial charge >= 0.3 is 6.18 Å². The van der Waals surface area contributed by atoms with Crippen molar-refractivity contribution in [1.29, 1.82) is 0 Å². The molecule has 0 aliphatic rings. The molecule has 0 heterocycles. The first-order chi connectivity index (χ1) is 12.7. The second-order valence-corrected chi connectivity index (χ2v) is 5.88. The number of nitrogens with one attached hydrogen (secondary N) is 1. The van der Waals surface area contributed by atoms with Crippen LogP contribution in [0.5, 0.6) is 0 Å². The van der Waals surface area contributed by atoms with Crippen molar-refractivity contribution in [1.82, 2.24) is 5.32 Å². The zero-order chi connectivity index (χ0) is 20.1.